The Balaban J connectivity index is 2.90. The van der Waals surface area contributed by atoms with E-state index in [2.05, 4.69) is 46.7 Å². The van der Waals surface area contributed by atoms with Crippen molar-refractivity contribution in [3.63, 3.8) is 0 Å². The highest BCUT2D eigenvalue weighted by Crippen LogP contribution is 2.05. The van der Waals surface area contributed by atoms with Crippen molar-refractivity contribution in [3.05, 3.63) is 36.4 Å². The Hall–Kier alpha value is -1.31. The predicted octanol–water partition coefficient (Wildman–Crippen LogP) is 1.07. The van der Waals surface area contributed by atoms with Crippen LogP contribution in [0.25, 0.3) is 5.52 Å². The molecule has 2 heterocycles. The van der Waals surface area contributed by atoms with Gasteiger partial charge in [0, 0.05) is 5.56 Å². The summed E-state index contributed by atoms with van der Waals surface area (Å²) < 4.78 is 4.18. The van der Waals surface area contributed by atoms with E-state index >= 15 is 0 Å². The van der Waals surface area contributed by atoms with Gasteiger partial charge >= 0.3 is 0 Å². The van der Waals surface area contributed by atoms with Crippen LogP contribution in [0, 0.1) is 6.92 Å². The van der Waals surface area contributed by atoms with Gasteiger partial charge in [-0.15, -0.1) is 0 Å². The van der Waals surface area contributed by atoms with E-state index in [0.717, 1.165) is 0 Å². The van der Waals surface area contributed by atoms with E-state index in [1.165, 1.54) is 11.1 Å². The second-order valence-electron chi connectivity index (χ2n) is 2.89. The van der Waals surface area contributed by atoms with Crippen LogP contribution in [0.5, 0.6) is 0 Å². The molecule has 0 aliphatic heterocycles. The van der Waals surface area contributed by atoms with Crippen LogP contribution in [-0.4, -0.2) is 4.40 Å². The van der Waals surface area contributed by atoms with Crippen molar-refractivity contribution in [2.45, 2.75) is 6.92 Å². The number of hydrogen-bond donors (Lipinski definition) is 0. The first-order valence-corrected chi connectivity index (χ1v) is 3.70. The molecule has 0 saturated carbocycles. The Morgan fingerprint density at radius 1 is 1.45 bits per heavy atom. The van der Waals surface area contributed by atoms with Crippen molar-refractivity contribution in [1.29, 1.82) is 0 Å². The molecule has 0 radical (unpaired) electrons. The molecule has 56 valence electrons. The van der Waals surface area contributed by atoms with Crippen LogP contribution in [0.15, 0.2) is 30.9 Å². The Morgan fingerprint density at radius 3 is 3.00 bits per heavy atom. The Kier molecular flexibility index (Phi) is 1.22. The predicted molar refractivity (Wildman–Crippen MR) is 43.3 cm³/mol. The summed E-state index contributed by atoms with van der Waals surface area (Å²) in [6.45, 7) is 2.12. The standard InChI is InChI=1S/C9H11N2/c1-8-4-3-5-11-7-10(2)6-9(8)11/h3-7H,1-2H3/q+1. The van der Waals surface area contributed by atoms with E-state index in [9.17, 15) is 0 Å². The maximum atomic E-state index is 2.12. The number of aromatic nitrogens is 2. The van der Waals surface area contributed by atoms with Crippen molar-refractivity contribution >= 4 is 5.52 Å². The topological polar surface area (TPSA) is 8.29 Å². The van der Waals surface area contributed by atoms with Gasteiger partial charge in [0.05, 0.1) is 13.2 Å². The summed E-state index contributed by atoms with van der Waals surface area (Å²) >= 11 is 0. The summed E-state index contributed by atoms with van der Waals surface area (Å²) in [4.78, 5) is 0. The molecule has 2 rings (SSSR count). The maximum Gasteiger partial charge on any atom is 0.248 e. The minimum absolute atomic E-state index is 1.27. The Bertz CT molecular complexity index is 387. The molecule has 0 amide bonds. The van der Waals surface area contributed by atoms with Crippen LogP contribution in [0.1, 0.15) is 5.56 Å². The summed E-state index contributed by atoms with van der Waals surface area (Å²) in [6, 6.07) is 4.18. The monoisotopic (exact) mass is 147 g/mol. The normalized spacial score (nSPS) is 10.7. The molecule has 2 aromatic heterocycles. The Labute approximate surface area is 65.7 Å². The third-order valence-electron chi connectivity index (χ3n) is 1.91. The minimum Gasteiger partial charge on any atom is -0.239 e. The second-order valence-corrected chi connectivity index (χ2v) is 2.89. The van der Waals surface area contributed by atoms with Gasteiger partial charge in [0.1, 0.15) is 6.20 Å². The van der Waals surface area contributed by atoms with E-state index in [0.29, 0.717) is 0 Å². The van der Waals surface area contributed by atoms with Gasteiger partial charge in [-0.3, -0.25) is 0 Å². The molecule has 0 aliphatic carbocycles. The quantitative estimate of drug-likeness (QED) is 0.493. The fourth-order valence-electron chi connectivity index (χ4n) is 1.34. The number of imidazole rings is 1. The molecule has 2 heteroatoms. The lowest BCUT2D eigenvalue weighted by molar-refractivity contribution is -0.670. The zero-order chi connectivity index (χ0) is 7.84. The van der Waals surface area contributed by atoms with Gasteiger partial charge in [0.2, 0.25) is 6.33 Å². The molecule has 0 aliphatic rings. The first-order chi connectivity index (χ1) is 5.27. The van der Waals surface area contributed by atoms with E-state index < -0.39 is 0 Å². The van der Waals surface area contributed by atoms with Crippen LogP contribution in [-0.2, 0) is 7.05 Å². The molecule has 0 unspecified atom stereocenters. The number of nitrogens with zero attached hydrogens (tertiary/aromatic N) is 2. The molecule has 0 atom stereocenters. The first kappa shape index (κ1) is 6.40. The van der Waals surface area contributed by atoms with Crippen LogP contribution >= 0.6 is 0 Å². The molecule has 0 fully saturated rings. The molecule has 2 aromatic rings. The van der Waals surface area contributed by atoms with Gasteiger partial charge in [-0.1, -0.05) is 6.07 Å². The average molecular weight is 147 g/mol. The first-order valence-electron chi connectivity index (χ1n) is 3.70. The number of pyridine rings is 1. The summed E-state index contributed by atoms with van der Waals surface area (Å²) in [7, 11) is 2.03. The smallest absolute Gasteiger partial charge is 0.239 e. The van der Waals surface area contributed by atoms with Crippen LogP contribution in [0.3, 0.4) is 0 Å². The minimum atomic E-state index is 1.27. The summed E-state index contributed by atoms with van der Waals surface area (Å²) in [5.74, 6) is 0. The number of aryl methyl sites for hydroxylation is 2. The summed E-state index contributed by atoms with van der Waals surface area (Å²) in [5.41, 5.74) is 2.59. The van der Waals surface area contributed by atoms with Gasteiger partial charge in [-0.25, -0.2) is 8.97 Å². The van der Waals surface area contributed by atoms with Crippen LogP contribution in [0.2, 0.25) is 0 Å². The zero-order valence-electron chi connectivity index (χ0n) is 6.78. The lowest BCUT2D eigenvalue weighted by atomic mass is 10.3. The molecule has 0 aromatic carbocycles. The fraction of sp³-hybridized carbons (Fsp3) is 0.222. The van der Waals surface area contributed by atoms with Crippen LogP contribution < -0.4 is 4.57 Å². The third kappa shape index (κ3) is 0.909. The molecule has 0 N–H and O–H groups in total. The van der Waals surface area contributed by atoms with E-state index in [4.69, 9.17) is 0 Å². The molecule has 0 saturated heterocycles. The van der Waals surface area contributed by atoms with Crippen molar-refractivity contribution < 1.29 is 4.57 Å². The number of fused-ring (bicyclic) bond motifs is 1. The molecule has 0 spiro atoms. The maximum absolute atomic E-state index is 2.12. The highest BCUT2D eigenvalue weighted by atomic mass is 15.1. The van der Waals surface area contributed by atoms with Gasteiger partial charge in [-0.2, -0.15) is 0 Å². The summed E-state index contributed by atoms with van der Waals surface area (Å²) in [6.07, 6.45) is 6.24. The van der Waals surface area contributed by atoms with E-state index in [-0.39, 0.29) is 0 Å². The zero-order valence-corrected chi connectivity index (χ0v) is 6.78. The average Bonchev–Trinajstić information content (AvgIpc) is 2.31. The molecule has 11 heavy (non-hydrogen) atoms. The van der Waals surface area contributed by atoms with E-state index in [1.54, 1.807) is 0 Å². The van der Waals surface area contributed by atoms with Crippen molar-refractivity contribution in [3.8, 4) is 0 Å². The highest BCUT2D eigenvalue weighted by Gasteiger charge is 2.03. The van der Waals surface area contributed by atoms with Crippen LogP contribution in [0.4, 0.5) is 0 Å². The molecule has 0 bridgehead atoms. The van der Waals surface area contributed by atoms with E-state index in [1.807, 2.05) is 7.05 Å². The van der Waals surface area contributed by atoms with Crippen molar-refractivity contribution in [2.75, 3.05) is 0 Å². The third-order valence-corrected chi connectivity index (χ3v) is 1.91. The van der Waals surface area contributed by atoms with Crippen molar-refractivity contribution in [2.24, 2.45) is 7.05 Å². The lowest BCUT2D eigenvalue weighted by Crippen LogP contribution is -2.23. The van der Waals surface area contributed by atoms with Crippen molar-refractivity contribution in [1.82, 2.24) is 4.40 Å². The second kappa shape index (κ2) is 2.09. The summed E-state index contributed by atoms with van der Waals surface area (Å²) in [5, 5.41) is 0. The largest absolute Gasteiger partial charge is 0.248 e. The van der Waals surface area contributed by atoms with Gasteiger partial charge < -0.3 is 0 Å². The Morgan fingerprint density at radius 2 is 2.27 bits per heavy atom. The molecular weight excluding hydrogens is 136 g/mol. The lowest BCUT2D eigenvalue weighted by Gasteiger charge is -1.87. The fourth-order valence-corrected chi connectivity index (χ4v) is 1.34. The van der Waals surface area contributed by atoms with Gasteiger partial charge in [0.15, 0.2) is 5.52 Å². The molecular formula is C9H11N2+. The number of rotatable bonds is 0. The number of hydrogen-bond acceptors (Lipinski definition) is 0. The van der Waals surface area contributed by atoms with Gasteiger partial charge in [-0.05, 0) is 13.0 Å². The highest BCUT2D eigenvalue weighted by molar-refractivity contribution is 5.50. The SMILES string of the molecule is Cc1cccn2c[n+](C)cc12. The molecule has 2 nitrogen and oxygen atoms in total. The van der Waals surface area contributed by atoms with Gasteiger partial charge in [0.25, 0.3) is 0 Å².